The number of aliphatic imine (C=N–C) groups is 1. The van der Waals surface area contributed by atoms with Gasteiger partial charge in [-0.2, -0.15) is 5.10 Å². The number of guanidine groups is 1. The normalized spacial score (nSPS) is 22.7. The lowest BCUT2D eigenvalue weighted by Crippen LogP contribution is -2.41. The summed E-state index contributed by atoms with van der Waals surface area (Å²) < 4.78 is 7.50. The molecule has 0 amide bonds. The average molecular weight is 467 g/mol. The predicted molar refractivity (Wildman–Crippen MR) is 113 cm³/mol. The zero-order chi connectivity index (χ0) is 17.1. The smallest absolute Gasteiger partial charge is 0.193 e. The van der Waals surface area contributed by atoms with Crippen LogP contribution in [-0.2, 0) is 11.3 Å². The topological polar surface area (TPSA) is 54.7 Å². The molecular formula is C19H26IN5O. The Morgan fingerprint density at radius 3 is 3.00 bits per heavy atom. The molecule has 0 radical (unpaired) electrons. The molecule has 1 unspecified atom stereocenters. The lowest BCUT2D eigenvalue weighted by Gasteiger charge is -2.25. The third-order valence-electron chi connectivity index (χ3n) is 5.26. The zero-order valence-corrected chi connectivity index (χ0v) is 17.4. The van der Waals surface area contributed by atoms with E-state index in [2.05, 4.69) is 44.6 Å². The maximum absolute atomic E-state index is 5.63. The summed E-state index contributed by atoms with van der Waals surface area (Å²) in [7, 11) is 1.86. The summed E-state index contributed by atoms with van der Waals surface area (Å²) in [6, 6.07) is 10.4. The Hall–Kier alpha value is -1.61. The van der Waals surface area contributed by atoms with Gasteiger partial charge in [-0.1, -0.05) is 12.1 Å². The molecule has 3 heterocycles. The number of rotatable bonds is 3. The van der Waals surface area contributed by atoms with E-state index in [9.17, 15) is 0 Å². The monoisotopic (exact) mass is 467 g/mol. The maximum atomic E-state index is 5.63. The van der Waals surface area contributed by atoms with E-state index in [-0.39, 0.29) is 24.0 Å². The molecule has 26 heavy (non-hydrogen) atoms. The number of halogens is 1. The number of benzene rings is 1. The second-order valence-corrected chi connectivity index (χ2v) is 7.00. The lowest BCUT2D eigenvalue weighted by molar-refractivity contribution is 0.156. The van der Waals surface area contributed by atoms with Gasteiger partial charge in [-0.15, -0.1) is 24.0 Å². The van der Waals surface area contributed by atoms with Gasteiger partial charge in [0, 0.05) is 51.1 Å². The van der Waals surface area contributed by atoms with Crippen molar-refractivity contribution in [3.63, 3.8) is 0 Å². The fourth-order valence-corrected chi connectivity index (χ4v) is 3.83. The highest BCUT2D eigenvalue weighted by Crippen LogP contribution is 2.38. The molecule has 2 saturated heterocycles. The van der Waals surface area contributed by atoms with Gasteiger partial charge in [0.25, 0.3) is 0 Å². The van der Waals surface area contributed by atoms with Crippen LogP contribution in [0.3, 0.4) is 0 Å². The summed E-state index contributed by atoms with van der Waals surface area (Å²) in [5.41, 5.74) is 2.63. The Balaban J connectivity index is 0.00000196. The van der Waals surface area contributed by atoms with Crippen LogP contribution in [0.5, 0.6) is 0 Å². The van der Waals surface area contributed by atoms with Crippen molar-refractivity contribution in [1.29, 1.82) is 0 Å². The van der Waals surface area contributed by atoms with Crippen LogP contribution in [-0.4, -0.2) is 54.0 Å². The fourth-order valence-electron chi connectivity index (χ4n) is 3.83. The third kappa shape index (κ3) is 4.03. The summed E-state index contributed by atoms with van der Waals surface area (Å²) >= 11 is 0. The Kier molecular flexibility index (Phi) is 6.18. The minimum atomic E-state index is 0. The van der Waals surface area contributed by atoms with Gasteiger partial charge in [-0.3, -0.25) is 4.99 Å². The van der Waals surface area contributed by atoms with Crippen molar-refractivity contribution in [2.45, 2.75) is 19.4 Å². The lowest BCUT2D eigenvalue weighted by atomic mass is 9.87. The molecule has 1 spiro atoms. The SMILES string of the molecule is CN=C(NCc1cccc(-n2cccn2)c1)N1CCC2(CCOC2)C1.I. The summed E-state index contributed by atoms with van der Waals surface area (Å²) in [5, 5.41) is 7.81. The molecule has 2 fully saturated rings. The Morgan fingerprint density at radius 2 is 2.27 bits per heavy atom. The van der Waals surface area contributed by atoms with E-state index in [0.29, 0.717) is 5.41 Å². The Labute approximate surface area is 171 Å². The van der Waals surface area contributed by atoms with Crippen LogP contribution in [0.2, 0.25) is 0 Å². The van der Waals surface area contributed by atoms with Crippen molar-refractivity contribution in [1.82, 2.24) is 20.0 Å². The summed E-state index contributed by atoms with van der Waals surface area (Å²) in [4.78, 5) is 6.85. The predicted octanol–water partition coefficient (Wildman–Crippen LogP) is 2.68. The van der Waals surface area contributed by atoms with Gasteiger partial charge >= 0.3 is 0 Å². The molecule has 1 aromatic heterocycles. The number of nitrogens with zero attached hydrogens (tertiary/aromatic N) is 4. The maximum Gasteiger partial charge on any atom is 0.193 e. The van der Waals surface area contributed by atoms with E-state index in [0.717, 1.165) is 44.5 Å². The number of ether oxygens (including phenoxy) is 1. The fraction of sp³-hybridized carbons (Fsp3) is 0.474. The first-order chi connectivity index (χ1) is 12.3. The van der Waals surface area contributed by atoms with Crippen LogP contribution in [0, 0.1) is 5.41 Å². The molecule has 0 aliphatic carbocycles. The molecule has 2 aliphatic heterocycles. The van der Waals surface area contributed by atoms with Gasteiger partial charge in [0.05, 0.1) is 12.3 Å². The summed E-state index contributed by atoms with van der Waals surface area (Å²) in [5.74, 6) is 0.980. The van der Waals surface area contributed by atoms with E-state index in [1.807, 2.05) is 24.0 Å². The van der Waals surface area contributed by atoms with Gasteiger partial charge in [-0.05, 0) is 36.6 Å². The number of hydrogen-bond acceptors (Lipinski definition) is 3. The molecule has 1 aromatic carbocycles. The van der Waals surface area contributed by atoms with Crippen LogP contribution in [0.25, 0.3) is 5.69 Å². The van der Waals surface area contributed by atoms with Crippen LogP contribution in [0.4, 0.5) is 0 Å². The highest BCUT2D eigenvalue weighted by atomic mass is 127. The quantitative estimate of drug-likeness (QED) is 0.429. The Morgan fingerprint density at radius 1 is 1.35 bits per heavy atom. The average Bonchev–Trinajstić information content (AvgIpc) is 3.40. The van der Waals surface area contributed by atoms with Crippen molar-refractivity contribution in [2.24, 2.45) is 10.4 Å². The molecule has 1 N–H and O–H groups in total. The van der Waals surface area contributed by atoms with E-state index < -0.39 is 0 Å². The second kappa shape index (κ2) is 8.39. The van der Waals surface area contributed by atoms with Crippen LogP contribution >= 0.6 is 24.0 Å². The molecule has 6 nitrogen and oxygen atoms in total. The number of hydrogen-bond donors (Lipinski definition) is 1. The molecule has 4 rings (SSSR count). The molecule has 140 valence electrons. The van der Waals surface area contributed by atoms with E-state index in [1.54, 1.807) is 6.20 Å². The van der Waals surface area contributed by atoms with Crippen molar-refractivity contribution < 1.29 is 4.74 Å². The van der Waals surface area contributed by atoms with Crippen LogP contribution < -0.4 is 5.32 Å². The highest BCUT2D eigenvalue weighted by molar-refractivity contribution is 14.0. The highest BCUT2D eigenvalue weighted by Gasteiger charge is 2.42. The minimum absolute atomic E-state index is 0. The van der Waals surface area contributed by atoms with Gasteiger partial charge < -0.3 is 15.0 Å². The molecule has 0 saturated carbocycles. The molecule has 0 bridgehead atoms. The molecule has 7 heteroatoms. The second-order valence-electron chi connectivity index (χ2n) is 7.00. The van der Waals surface area contributed by atoms with Gasteiger partial charge in [-0.25, -0.2) is 4.68 Å². The van der Waals surface area contributed by atoms with E-state index in [1.165, 1.54) is 18.4 Å². The minimum Gasteiger partial charge on any atom is -0.381 e. The van der Waals surface area contributed by atoms with Crippen LogP contribution in [0.15, 0.2) is 47.7 Å². The van der Waals surface area contributed by atoms with E-state index in [4.69, 9.17) is 4.74 Å². The van der Waals surface area contributed by atoms with Crippen molar-refractivity contribution in [3.8, 4) is 5.69 Å². The zero-order valence-electron chi connectivity index (χ0n) is 15.1. The first kappa shape index (κ1) is 19.2. The third-order valence-corrected chi connectivity index (χ3v) is 5.26. The number of nitrogens with one attached hydrogen (secondary N) is 1. The Bertz CT molecular complexity index is 740. The first-order valence-corrected chi connectivity index (χ1v) is 8.90. The van der Waals surface area contributed by atoms with Crippen molar-refractivity contribution >= 4 is 29.9 Å². The number of likely N-dealkylation sites (tertiary alicyclic amines) is 1. The van der Waals surface area contributed by atoms with Crippen molar-refractivity contribution in [2.75, 3.05) is 33.4 Å². The molecular weight excluding hydrogens is 441 g/mol. The molecule has 2 aliphatic rings. The first-order valence-electron chi connectivity index (χ1n) is 8.90. The van der Waals surface area contributed by atoms with Crippen molar-refractivity contribution in [3.05, 3.63) is 48.3 Å². The standard InChI is InChI=1S/C19H25N5O.HI/c1-20-18(23-10-6-19(14-23)7-11-25-15-19)21-13-16-4-2-5-17(12-16)24-9-3-8-22-24;/h2-5,8-9,12H,6-7,10-11,13-15H2,1H3,(H,20,21);1H. The number of aromatic nitrogens is 2. The van der Waals surface area contributed by atoms with E-state index >= 15 is 0 Å². The molecule has 1 atom stereocenters. The summed E-state index contributed by atoms with van der Waals surface area (Å²) in [6.07, 6.45) is 6.12. The largest absolute Gasteiger partial charge is 0.381 e. The summed E-state index contributed by atoms with van der Waals surface area (Å²) in [6.45, 7) is 4.64. The van der Waals surface area contributed by atoms with Crippen LogP contribution in [0.1, 0.15) is 18.4 Å². The van der Waals surface area contributed by atoms with Gasteiger partial charge in [0.15, 0.2) is 5.96 Å². The van der Waals surface area contributed by atoms with Gasteiger partial charge in [0.1, 0.15) is 0 Å². The molecule has 2 aromatic rings. The van der Waals surface area contributed by atoms with Gasteiger partial charge in [0.2, 0.25) is 0 Å².